The van der Waals surface area contributed by atoms with E-state index in [0.717, 1.165) is 16.6 Å². The van der Waals surface area contributed by atoms with Gasteiger partial charge in [-0.3, -0.25) is 4.79 Å². The minimum absolute atomic E-state index is 0.0607. The maximum Gasteiger partial charge on any atom is 0.231 e. The Balaban J connectivity index is 1.59. The van der Waals surface area contributed by atoms with Gasteiger partial charge in [0, 0.05) is 10.2 Å². The molecule has 4 bridgehead atoms. The zero-order valence-electron chi connectivity index (χ0n) is 11.3. The highest BCUT2D eigenvalue weighted by molar-refractivity contribution is 9.10. The van der Waals surface area contributed by atoms with Crippen LogP contribution in [0.4, 0.5) is 5.69 Å². The number of anilines is 1. The maximum absolute atomic E-state index is 12.7. The summed E-state index contributed by atoms with van der Waals surface area (Å²) in [6, 6.07) is 7.85. The molecule has 1 aromatic rings. The van der Waals surface area contributed by atoms with E-state index in [1.54, 1.807) is 0 Å². The third kappa shape index (κ3) is 1.06. The van der Waals surface area contributed by atoms with Crippen LogP contribution in [-0.4, -0.2) is 5.91 Å². The van der Waals surface area contributed by atoms with Crippen LogP contribution in [0.25, 0.3) is 0 Å². The fraction of sp³-hybridized carbons (Fsp3) is 0.562. The van der Waals surface area contributed by atoms with E-state index >= 15 is 0 Å². The van der Waals surface area contributed by atoms with Gasteiger partial charge in [-0.25, -0.2) is 0 Å². The fourth-order valence-electron chi connectivity index (χ4n) is 5.49. The number of rotatable bonds is 2. The molecule has 19 heavy (non-hydrogen) atoms. The van der Waals surface area contributed by atoms with E-state index in [9.17, 15) is 4.79 Å². The first-order chi connectivity index (χ1) is 8.94. The molecule has 5 fully saturated rings. The van der Waals surface area contributed by atoms with Gasteiger partial charge in [0.15, 0.2) is 0 Å². The number of benzene rings is 1. The number of fused-ring (bicyclic) bond motifs is 1. The first-order valence-electron chi connectivity index (χ1n) is 7.01. The number of hydrogen-bond donors (Lipinski definition) is 1. The average Bonchev–Trinajstić information content (AvgIpc) is 2.76. The van der Waals surface area contributed by atoms with Gasteiger partial charge >= 0.3 is 0 Å². The summed E-state index contributed by atoms with van der Waals surface area (Å²) in [5, 5.41) is 3.13. The average molecular weight is 320 g/mol. The van der Waals surface area contributed by atoms with Gasteiger partial charge in [0.05, 0.1) is 5.41 Å². The highest BCUT2D eigenvalue weighted by Gasteiger charge is 2.91. The summed E-state index contributed by atoms with van der Waals surface area (Å²) >= 11 is 3.42. The monoisotopic (exact) mass is 319 g/mol. The first-order valence-corrected chi connectivity index (χ1v) is 7.80. The van der Waals surface area contributed by atoms with Gasteiger partial charge in [-0.1, -0.05) is 29.8 Å². The summed E-state index contributed by atoms with van der Waals surface area (Å²) in [7, 11) is 0. The number of carbonyl (C=O) groups excluding carboxylic acids is 1. The van der Waals surface area contributed by atoms with E-state index in [2.05, 4.69) is 35.1 Å². The molecule has 4 atom stereocenters. The van der Waals surface area contributed by atoms with Crippen molar-refractivity contribution < 1.29 is 4.79 Å². The van der Waals surface area contributed by atoms with Crippen LogP contribution in [0.3, 0.4) is 0 Å². The standard InChI is InChI=1S/C16H18BrNO/c1-14-9-16(12(14)7-8-15(14,16)2)13(19)18-11-5-3-10(17)4-6-11/h3-6,12H,7-9H2,1-2H3,(H,18,19)/t12-,14+,15-,16-/m0/s1. The molecule has 5 aliphatic rings. The van der Waals surface area contributed by atoms with E-state index in [1.807, 2.05) is 24.3 Å². The van der Waals surface area contributed by atoms with Crippen molar-refractivity contribution in [3.8, 4) is 0 Å². The molecule has 2 nitrogen and oxygen atoms in total. The zero-order valence-corrected chi connectivity index (χ0v) is 12.9. The Labute approximate surface area is 122 Å². The Morgan fingerprint density at radius 2 is 2.00 bits per heavy atom. The molecule has 1 aromatic carbocycles. The normalized spacial score (nSPS) is 45.3. The quantitative estimate of drug-likeness (QED) is 0.869. The zero-order chi connectivity index (χ0) is 13.5. The number of halogens is 1. The van der Waals surface area contributed by atoms with Crippen LogP contribution in [0.5, 0.6) is 0 Å². The molecule has 100 valence electrons. The van der Waals surface area contributed by atoms with Gasteiger partial charge in [-0.05, 0) is 60.3 Å². The van der Waals surface area contributed by atoms with Crippen LogP contribution >= 0.6 is 15.9 Å². The topological polar surface area (TPSA) is 29.1 Å². The highest BCUT2D eigenvalue weighted by Crippen LogP contribution is 2.93. The molecule has 0 heterocycles. The van der Waals surface area contributed by atoms with Crippen molar-refractivity contribution in [1.29, 1.82) is 0 Å². The number of nitrogens with one attached hydrogen (secondary N) is 1. The van der Waals surface area contributed by atoms with Crippen LogP contribution < -0.4 is 5.32 Å². The van der Waals surface area contributed by atoms with Gasteiger partial charge in [-0.15, -0.1) is 0 Å². The molecule has 0 unspecified atom stereocenters. The summed E-state index contributed by atoms with van der Waals surface area (Å²) in [5.41, 5.74) is 1.55. The maximum atomic E-state index is 12.7. The number of hydrogen-bond acceptors (Lipinski definition) is 1. The van der Waals surface area contributed by atoms with E-state index in [1.165, 1.54) is 12.8 Å². The highest BCUT2D eigenvalue weighted by atomic mass is 79.9. The Morgan fingerprint density at radius 3 is 2.53 bits per heavy atom. The van der Waals surface area contributed by atoms with Gasteiger partial charge < -0.3 is 5.32 Å². The van der Waals surface area contributed by atoms with Crippen LogP contribution in [0, 0.1) is 22.2 Å². The van der Waals surface area contributed by atoms with Crippen molar-refractivity contribution in [3.63, 3.8) is 0 Å². The van der Waals surface area contributed by atoms with Crippen molar-refractivity contribution in [2.45, 2.75) is 33.1 Å². The Bertz CT molecular complexity index is 583. The number of carbonyl (C=O) groups is 1. The lowest BCUT2D eigenvalue weighted by Gasteiger charge is -2.81. The Hall–Kier alpha value is -0.830. The Kier molecular flexibility index (Phi) is 2.04. The molecule has 5 saturated carbocycles. The smallest absolute Gasteiger partial charge is 0.231 e. The molecule has 0 radical (unpaired) electrons. The largest absolute Gasteiger partial charge is 0.326 e. The molecule has 5 aliphatic carbocycles. The van der Waals surface area contributed by atoms with E-state index in [4.69, 9.17) is 0 Å². The molecule has 0 spiro atoms. The van der Waals surface area contributed by atoms with Crippen molar-refractivity contribution in [1.82, 2.24) is 0 Å². The van der Waals surface area contributed by atoms with E-state index in [0.29, 0.717) is 11.3 Å². The van der Waals surface area contributed by atoms with Gasteiger partial charge in [0.25, 0.3) is 0 Å². The van der Waals surface area contributed by atoms with E-state index < -0.39 is 0 Å². The minimum atomic E-state index is -0.0607. The SMILES string of the molecule is C[C@]12CC[C@H]3[C@@]1(C)C[C@@]32C(=O)Nc1ccc(Br)cc1. The van der Waals surface area contributed by atoms with Gasteiger partial charge in [0.1, 0.15) is 0 Å². The van der Waals surface area contributed by atoms with Crippen LogP contribution in [0.2, 0.25) is 0 Å². The summed E-state index contributed by atoms with van der Waals surface area (Å²) in [6.07, 6.45) is 3.55. The summed E-state index contributed by atoms with van der Waals surface area (Å²) in [6.45, 7) is 4.69. The second-order valence-corrected chi connectivity index (χ2v) is 7.87. The van der Waals surface area contributed by atoms with Crippen LogP contribution in [-0.2, 0) is 4.79 Å². The predicted octanol–water partition coefficient (Wildman–Crippen LogP) is 4.21. The molecule has 3 heteroatoms. The second-order valence-electron chi connectivity index (χ2n) is 6.95. The van der Waals surface area contributed by atoms with Gasteiger partial charge in [-0.2, -0.15) is 0 Å². The molecule has 0 saturated heterocycles. The lowest BCUT2D eigenvalue weighted by atomic mass is 9.21. The van der Waals surface area contributed by atoms with Crippen molar-refractivity contribution >= 4 is 27.5 Å². The molecular weight excluding hydrogens is 302 g/mol. The summed E-state index contributed by atoms with van der Waals surface area (Å²) in [5.74, 6) is 0.879. The fourth-order valence-corrected chi connectivity index (χ4v) is 5.76. The number of amides is 1. The Morgan fingerprint density at radius 1 is 1.32 bits per heavy atom. The summed E-state index contributed by atoms with van der Waals surface area (Å²) < 4.78 is 1.04. The first kappa shape index (κ1) is 12.0. The molecular formula is C16H18BrNO. The molecule has 0 aromatic heterocycles. The second kappa shape index (κ2) is 3.25. The minimum Gasteiger partial charge on any atom is -0.326 e. The third-order valence-corrected chi connectivity index (χ3v) is 7.22. The van der Waals surface area contributed by atoms with Crippen molar-refractivity contribution in [3.05, 3.63) is 28.7 Å². The summed E-state index contributed by atoms with van der Waals surface area (Å²) in [4.78, 5) is 12.7. The molecule has 1 amide bonds. The predicted molar refractivity (Wildman–Crippen MR) is 78.8 cm³/mol. The molecule has 1 N–H and O–H groups in total. The van der Waals surface area contributed by atoms with Crippen LogP contribution in [0.15, 0.2) is 28.7 Å². The lowest BCUT2D eigenvalue weighted by molar-refractivity contribution is -0.326. The lowest BCUT2D eigenvalue weighted by Crippen LogP contribution is -2.81. The molecule has 6 rings (SSSR count). The van der Waals surface area contributed by atoms with Crippen molar-refractivity contribution in [2.24, 2.45) is 22.2 Å². The van der Waals surface area contributed by atoms with Crippen molar-refractivity contribution in [2.75, 3.05) is 5.32 Å². The van der Waals surface area contributed by atoms with E-state index in [-0.39, 0.29) is 16.7 Å². The third-order valence-electron chi connectivity index (χ3n) is 6.70. The van der Waals surface area contributed by atoms with Crippen LogP contribution in [0.1, 0.15) is 33.1 Å². The van der Waals surface area contributed by atoms with Gasteiger partial charge in [0.2, 0.25) is 5.91 Å². The molecule has 0 aliphatic heterocycles.